The molecule has 0 spiro atoms. The molecule has 0 aromatic heterocycles. The summed E-state index contributed by atoms with van der Waals surface area (Å²) in [5.41, 5.74) is 1.25. The third-order valence-corrected chi connectivity index (χ3v) is 2.19. The van der Waals surface area contributed by atoms with Gasteiger partial charge in [0.15, 0.2) is 0 Å². The topological polar surface area (TPSA) is 18.5 Å². The molecule has 1 aromatic carbocycles. The predicted molar refractivity (Wildman–Crippen MR) is 62.9 cm³/mol. The van der Waals surface area contributed by atoms with Crippen molar-refractivity contribution in [2.24, 2.45) is 0 Å². The van der Waals surface area contributed by atoms with Crippen LogP contribution in [0.3, 0.4) is 0 Å². The van der Waals surface area contributed by atoms with Gasteiger partial charge in [0.05, 0.1) is 13.2 Å². The van der Waals surface area contributed by atoms with Crippen molar-refractivity contribution in [3.8, 4) is 11.5 Å². The van der Waals surface area contributed by atoms with Gasteiger partial charge in [-0.15, -0.1) is 0 Å². The standard InChI is InChI=1S/C13H20O2/c1-5-14-12-7-11(10(3)4)8-13(9-12)15-6-2/h7-10H,5-6H2,1-4H3. The fourth-order valence-corrected chi connectivity index (χ4v) is 1.43. The quantitative estimate of drug-likeness (QED) is 0.736. The molecule has 1 aromatic rings. The second-order valence-electron chi connectivity index (χ2n) is 3.76. The van der Waals surface area contributed by atoms with Gasteiger partial charge in [0, 0.05) is 6.07 Å². The Balaban J connectivity index is 2.97. The molecule has 1 rings (SSSR count). The lowest BCUT2D eigenvalue weighted by Gasteiger charge is -2.12. The van der Waals surface area contributed by atoms with E-state index in [2.05, 4.69) is 26.0 Å². The van der Waals surface area contributed by atoms with Crippen molar-refractivity contribution in [3.05, 3.63) is 23.8 Å². The summed E-state index contributed by atoms with van der Waals surface area (Å²) in [5.74, 6) is 2.28. The maximum atomic E-state index is 5.50. The molecule has 2 nitrogen and oxygen atoms in total. The molecule has 0 aliphatic rings. The minimum atomic E-state index is 0.490. The Kier molecular flexibility index (Phi) is 4.47. The van der Waals surface area contributed by atoms with E-state index in [1.807, 2.05) is 19.9 Å². The summed E-state index contributed by atoms with van der Waals surface area (Å²) in [6, 6.07) is 6.10. The Morgan fingerprint density at radius 3 is 1.73 bits per heavy atom. The van der Waals surface area contributed by atoms with Crippen LogP contribution >= 0.6 is 0 Å². The van der Waals surface area contributed by atoms with Crippen LogP contribution in [-0.4, -0.2) is 13.2 Å². The van der Waals surface area contributed by atoms with Gasteiger partial charge in [0.1, 0.15) is 11.5 Å². The first-order valence-electron chi connectivity index (χ1n) is 5.58. The molecule has 2 heteroatoms. The fourth-order valence-electron chi connectivity index (χ4n) is 1.43. The average Bonchev–Trinajstić information content (AvgIpc) is 2.18. The van der Waals surface area contributed by atoms with Gasteiger partial charge in [-0.1, -0.05) is 13.8 Å². The van der Waals surface area contributed by atoms with Gasteiger partial charge in [0.25, 0.3) is 0 Å². The molecule has 0 heterocycles. The molecule has 84 valence electrons. The van der Waals surface area contributed by atoms with Crippen LogP contribution in [0.1, 0.15) is 39.2 Å². The second-order valence-corrected chi connectivity index (χ2v) is 3.76. The SMILES string of the molecule is CCOc1cc(OCC)cc(C(C)C)c1. The molecule has 15 heavy (non-hydrogen) atoms. The highest BCUT2D eigenvalue weighted by Gasteiger charge is 2.05. The van der Waals surface area contributed by atoms with Crippen molar-refractivity contribution in [1.82, 2.24) is 0 Å². The van der Waals surface area contributed by atoms with Crippen LogP contribution in [0.5, 0.6) is 11.5 Å². The summed E-state index contributed by atoms with van der Waals surface area (Å²) in [6.45, 7) is 9.69. The van der Waals surface area contributed by atoms with Crippen molar-refractivity contribution in [2.45, 2.75) is 33.6 Å². The van der Waals surface area contributed by atoms with Crippen LogP contribution in [0.2, 0.25) is 0 Å². The van der Waals surface area contributed by atoms with Gasteiger partial charge in [-0.25, -0.2) is 0 Å². The summed E-state index contributed by atoms with van der Waals surface area (Å²) in [7, 11) is 0. The Hall–Kier alpha value is -1.18. The Morgan fingerprint density at radius 2 is 1.40 bits per heavy atom. The van der Waals surface area contributed by atoms with E-state index in [0.717, 1.165) is 11.5 Å². The van der Waals surface area contributed by atoms with Crippen molar-refractivity contribution >= 4 is 0 Å². The van der Waals surface area contributed by atoms with Crippen LogP contribution in [-0.2, 0) is 0 Å². The fraction of sp³-hybridized carbons (Fsp3) is 0.538. The van der Waals surface area contributed by atoms with Crippen LogP contribution in [0, 0.1) is 0 Å². The summed E-state index contributed by atoms with van der Waals surface area (Å²) in [4.78, 5) is 0. The van der Waals surface area contributed by atoms with Crippen LogP contribution in [0.25, 0.3) is 0 Å². The highest BCUT2D eigenvalue weighted by atomic mass is 16.5. The Bertz CT molecular complexity index is 281. The molecule has 0 bridgehead atoms. The van der Waals surface area contributed by atoms with E-state index in [-0.39, 0.29) is 0 Å². The van der Waals surface area contributed by atoms with E-state index in [9.17, 15) is 0 Å². The summed E-state index contributed by atoms with van der Waals surface area (Å²) < 4.78 is 11.0. The number of benzene rings is 1. The first kappa shape index (κ1) is 11.9. The molecule has 0 atom stereocenters. The number of rotatable bonds is 5. The number of ether oxygens (including phenoxy) is 2. The lowest BCUT2D eigenvalue weighted by Crippen LogP contribution is -1.98. The van der Waals surface area contributed by atoms with Gasteiger partial charge < -0.3 is 9.47 Å². The number of hydrogen-bond donors (Lipinski definition) is 0. The predicted octanol–water partition coefficient (Wildman–Crippen LogP) is 3.61. The minimum Gasteiger partial charge on any atom is -0.494 e. The third-order valence-electron chi connectivity index (χ3n) is 2.19. The van der Waals surface area contributed by atoms with Gasteiger partial charge in [-0.05, 0) is 37.5 Å². The van der Waals surface area contributed by atoms with Crippen molar-refractivity contribution in [2.75, 3.05) is 13.2 Å². The van der Waals surface area contributed by atoms with Gasteiger partial charge in [-0.3, -0.25) is 0 Å². The first-order valence-corrected chi connectivity index (χ1v) is 5.58. The molecule has 0 aliphatic heterocycles. The van der Waals surface area contributed by atoms with E-state index in [1.54, 1.807) is 0 Å². The number of hydrogen-bond acceptors (Lipinski definition) is 2. The molecule has 0 N–H and O–H groups in total. The molecule has 0 amide bonds. The normalized spacial score (nSPS) is 10.5. The monoisotopic (exact) mass is 208 g/mol. The van der Waals surface area contributed by atoms with Crippen molar-refractivity contribution < 1.29 is 9.47 Å². The zero-order chi connectivity index (χ0) is 11.3. The largest absolute Gasteiger partial charge is 0.494 e. The molecule has 0 saturated heterocycles. The zero-order valence-corrected chi connectivity index (χ0v) is 10.0. The first-order chi connectivity index (χ1) is 7.17. The Morgan fingerprint density at radius 1 is 0.933 bits per heavy atom. The highest BCUT2D eigenvalue weighted by Crippen LogP contribution is 2.27. The third kappa shape index (κ3) is 3.46. The molecular weight excluding hydrogens is 188 g/mol. The molecule has 0 unspecified atom stereocenters. The summed E-state index contributed by atoms with van der Waals surface area (Å²) >= 11 is 0. The van der Waals surface area contributed by atoms with Gasteiger partial charge in [0.2, 0.25) is 0 Å². The minimum absolute atomic E-state index is 0.490. The van der Waals surface area contributed by atoms with E-state index in [4.69, 9.17) is 9.47 Å². The van der Waals surface area contributed by atoms with Crippen molar-refractivity contribution in [3.63, 3.8) is 0 Å². The van der Waals surface area contributed by atoms with Gasteiger partial charge >= 0.3 is 0 Å². The van der Waals surface area contributed by atoms with Crippen LogP contribution in [0.15, 0.2) is 18.2 Å². The maximum absolute atomic E-state index is 5.50. The highest BCUT2D eigenvalue weighted by molar-refractivity contribution is 5.39. The summed E-state index contributed by atoms with van der Waals surface area (Å²) in [5, 5.41) is 0. The van der Waals surface area contributed by atoms with Crippen LogP contribution < -0.4 is 9.47 Å². The lowest BCUT2D eigenvalue weighted by molar-refractivity contribution is 0.322. The molecule has 0 radical (unpaired) electrons. The zero-order valence-electron chi connectivity index (χ0n) is 10.0. The molecule has 0 saturated carbocycles. The van der Waals surface area contributed by atoms with E-state index < -0.39 is 0 Å². The van der Waals surface area contributed by atoms with Crippen molar-refractivity contribution in [1.29, 1.82) is 0 Å². The smallest absolute Gasteiger partial charge is 0.123 e. The maximum Gasteiger partial charge on any atom is 0.123 e. The molecular formula is C13H20O2. The second kappa shape index (κ2) is 5.64. The molecule has 0 aliphatic carbocycles. The van der Waals surface area contributed by atoms with Crippen LogP contribution in [0.4, 0.5) is 0 Å². The van der Waals surface area contributed by atoms with Gasteiger partial charge in [-0.2, -0.15) is 0 Å². The summed E-state index contributed by atoms with van der Waals surface area (Å²) in [6.07, 6.45) is 0. The lowest BCUT2D eigenvalue weighted by atomic mass is 10.0. The average molecular weight is 208 g/mol. The van der Waals surface area contributed by atoms with E-state index in [1.165, 1.54) is 5.56 Å². The van der Waals surface area contributed by atoms with E-state index in [0.29, 0.717) is 19.1 Å². The molecule has 0 fully saturated rings. The van der Waals surface area contributed by atoms with E-state index >= 15 is 0 Å². The Labute approximate surface area is 92.2 Å².